The lowest BCUT2D eigenvalue weighted by molar-refractivity contribution is -0.163. The fourth-order valence-corrected chi connectivity index (χ4v) is 2.12. The lowest BCUT2D eigenvalue weighted by atomic mass is 9.99. The van der Waals surface area contributed by atoms with E-state index in [0.29, 0.717) is 11.8 Å². The zero-order valence-corrected chi connectivity index (χ0v) is 11.6. The monoisotopic (exact) mass is 334 g/mol. The van der Waals surface area contributed by atoms with E-state index in [0.717, 1.165) is 18.2 Å². The van der Waals surface area contributed by atoms with Gasteiger partial charge in [0.15, 0.2) is 0 Å². The molecule has 1 N–H and O–H groups in total. The molecule has 0 fully saturated rings. The molecule has 124 valence electrons. The molecule has 8 heteroatoms. The van der Waals surface area contributed by atoms with Crippen LogP contribution >= 0.6 is 0 Å². The second-order valence-electron chi connectivity index (χ2n) is 4.76. The molecular weight excluding hydrogens is 322 g/mol. The van der Waals surface area contributed by atoms with Gasteiger partial charge in [0.1, 0.15) is 6.04 Å². The fourth-order valence-electron chi connectivity index (χ4n) is 2.12. The van der Waals surface area contributed by atoms with E-state index in [1.165, 1.54) is 12.3 Å². The summed E-state index contributed by atoms with van der Waals surface area (Å²) in [5, 5.41) is 2.12. The summed E-state index contributed by atoms with van der Waals surface area (Å²) in [5.74, 6) is 0. The first-order chi connectivity index (χ1) is 10.7. The average molecular weight is 334 g/mol. The molecular formula is C15H12F6N2. The van der Waals surface area contributed by atoms with Gasteiger partial charge in [0, 0.05) is 12.7 Å². The van der Waals surface area contributed by atoms with Gasteiger partial charge in [0.2, 0.25) is 0 Å². The van der Waals surface area contributed by atoms with Crippen LogP contribution in [0.15, 0.2) is 48.7 Å². The number of aromatic nitrogens is 1. The third kappa shape index (κ3) is 4.44. The Morgan fingerprint density at radius 2 is 1.57 bits per heavy atom. The van der Waals surface area contributed by atoms with Crippen molar-refractivity contribution in [1.82, 2.24) is 10.3 Å². The normalized spacial score (nSPS) is 13.8. The SMILES string of the molecule is FC(F)(F)c1ccccc1C(NCc1ccccn1)C(F)(F)F. The van der Waals surface area contributed by atoms with E-state index in [2.05, 4.69) is 10.3 Å². The van der Waals surface area contributed by atoms with E-state index < -0.39 is 29.5 Å². The van der Waals surface area contributed by atoms with Gasteiger partial charge < -0.3 is 0 Å². The highest BCUT2D eigenvalue weighted by atomic mass is 19.4. The van der Waals surface area contributed by atoms with E-state index in [-0.39, 0.29) is 6.54 Å². The van der Waals surface area contributed by atoms with Gasteiger partial charge >= 0.3 is 12.4 Å². The maximum atomic E-state index is 13.2. The molecule has 2 aromatic rings. The highest BCUT2D eigenvalue weighted by Crippen LogP contribution is 2.40. The predicted molar refractivity (Wildman–Crippen MR) is 71.3 cm³/mol. The standard InChI is InChI=1S/C15H12F6N2/c16-14(17,18)12-7-2-1-6-11(12)13(15(19,20)21)23-9-10-5-3-4-8-22-10/h1-8,13,23H,9H2. The molecule has 0 saturated heterocycles. The Hall–Kier alpha value is -2.09. The summed E-state index contributed by atoms with van der Waals surface area (Å²) in [7, 11) is 0. The molecule has 0 bridgehead atoms. The Balaban J connectivity index is 2.33. The van der Waals surface area contributed by atoms with Gasteiger partial charge in [-0.25, -0.2) is 0 Å². The summed E-state index contributed by atoms with van der Waals surface area (Å²) < 4.78 is 78.5. The van der Waals surface area contributed by atoms with Crippen LogP contribution in [0.3, 0.4) is 0 Å². The van der Waals surface area contributed by atoms with Crippen molar-refractivity contribution in [1.29, 1.82) is 0 Å². The molecule has 0 amide bonds. The first-order valence-corrected chi connectivity index (χ1v) is 6.55. The first kappa shape index (κ1) is 17.3. The van der Waals surface area contributed by atoms with Crippen LogP contribution in [0.5, 0.6) is 0 Å². The molecule has 1 unspecified atom stereocenters. The van der Waals surface area contributed by atoms with Crippen molar-refractivity contribution < 1.29 is 26.3 Å². The average Bonchev–Trinajstić information content (AvgIpc) is 2.46. The van der Waals surface area contributed by atoms with E-state index >= 15 is 0 Å². The maximum Gasteiger partial charge on any atom is 0.416 e. The second-order valence-corrected chi connectivity index (χ2v) is 4.76. The lowest BCUT2D eigenvalue weighted by Gasteiger charge is -2.25. The van der Waals surface area contributed by atoms with Crippen molar-refractivity contribution in [3.63, 3.8) is 0 Å². The number of hydrogen-bond acceptors (Lipinski definition) is 2. The predicted octanol–water partition coefficient (Wildman–Crippen LogP) is 4.49. The van der Waals surface area contributed by atoms with Crippen LogP contribution in [0, 0.1) is 0 Å². The molecule has 1 heterocycles. The molecule has 0 saturated carbocycles. The van der Waals surface area contributed by atoms with Gasteiger partial charge in [-0.3, -0.25) is 10.3 Å². The summed E-state index contributed by atoms with van der Waals surface area (Å²) in [6, 6.07) is 5.87. The Morgan fingerprint density at radius 1 is 0.913 bits per heavy atom. The van der Waals surface area contributed by atoms with Crippen LogP contribution in [0.2, 0.25) is 0 Å². The van der Waals surface area contributed by atoms with Gasteiger partial charge in [-0.15, -0.1) is 0 Å². The number of nitrogens with zero attached hydrogens (tertiary/aromatic N) is 1. The van der Waals surface area contributed by atoms with E-state index in [1.54, 1.807) is 12.1 Å². The van der Waals surface area contributed by atoms with Gasteiger partial charge in [0.25, 0.3) is 0 Å². The van der Waals surface area contributed by atoms with Crippen molar-refractivity contribution in [2.75, 3.05) is 0 Å². The van der Waals surface area contributed by atoms with Crippen LogP contribution in [-0.4, -0.2) is 11.2 Å². The first-order valence-electron chi connectivity index (χ1n) is 6.55. The molecule has 0 radical (unpaired) electrons. The maximum absolute atomic E-state index is 13.2. The Morgan fingerprint density at radius 3 is 2.13 bits per heavy atom. The van der Waals surface area contributed by atoms with E-state index in [1.807, 2.05) is 0 Å². The van der Waals surface area contributed by atoms with Gasteiger partial charge in [-0.2, -0.15) is 26.3 Å². The summed E-state index contributed by atoms with van der Waals surface area (Å²) >= 11 is 0. The van der Waals surface area contributed by atoms with E-state index in [4.69, 9.17) is 0 Å². The zero-order chi connectivity index (χ0) is 17.1. The number of halogens is 6. The number of rotatable bonds is 4. The number of alkyl halides is 6. The van der Waals surface area contributed by atoms with Gasteiger partial charge in [-0.05, 0) is 23.8 Å². The molecule has 2 rings (SSSR count). The number of pyridine rings is 1. The molecule has 23 heavy (non-hydrogen) atoms. The molecule has 1 atom stereocenters. The second kappa shape index (κ2) is 6.57. The highest BCUT2D eigenvalue weighted by Gasteiger charge is 2.45. The quantitative estimate of drug-likeness (QED) is 0.833. The third-order valence-electron chi connectivity index (χ3n) is 3.12. The molecule has 0 aliphatic heterocycles. The summed E-state index contributed by atoms with van der Waals surface area (Å²) in [4.78, 5) is 3.85. The van der Waals surface area contributed by atoms with Crippen LogP contribution in [-0.2, 0) is 12.7 Å². The van der Waals surface area contributed by atoms with Gasteiger partial charge in [0.05, 0.1) is 11.3 Å². The molecule has 0 aliphatic rings. The number of nitrogens with one attached hydrogen (secondary N) is 1. The van der Waals surface area contributed by atoms with Crippen molar-refractivity contribution in [2.24, 2.45) is 0 Å². The zero-order valence-electron chi connectivity index (χ0n) is 11.6. The van der Waals surface area contributed by atoms with Crippen LogP contribution in [0.4, 0.5) is 26.3 Å². The van der Waals surface area contributed by atoms with E-state index in [9.17, 15) is 26.3 Å². The summed E-state index contributed by atoms with van der Waals surface area (Å²) in [5.41, 5.74) is -1.87. The highest BCUT2D eigenvalue weighted by molar-refractivity contribution is 5.33. The van der Waals surface area contributed by atoms with Crippen LogP contribution < -0.4 is 5.32 Å². The fraction of sp³-hybridized carbons (Fsp3) is 0.267. The third-order valence-corrected chi connectivity index (χ3v) is 3.12. The minimum Gasteiger partial charge on any atom is -0.297 e. The minimum absolute atomic E-state index is 0.297. The Bertz CT molecular complexity index is 636. The Labute approximate surface area is 128 Å². The summed E-state index contributed by atoms with van der Waals surface area (Å²) in [6.45, 7) is -0.308. The van der Waals surface area contributed by atoms with Crippen molar-refractivity contribution in [3.8, 4) is 0 Å². The topological polar surface area (TPSA) is 24.9 Å². The smallest absolute Gasteiger partial charge is 0.297 e. The number of hydrogen-bond donors (Lipinski definition) is 1. The lowest BCUT2D eigenvalue weighted by Crippen LogP contribution is -2.35. The number of benzene rings is 1. The van der Waals surface area contributed by atoms with Gasteiger partial charge in [-0.1, -0.05) is 24.3 Å². The molecule has 0 spiro atoms. The molecule has 1 aromatic carbocycles. The Kier molecular flexibility index (Phi) is 4.93. The van der Waals surface area contributed by atoms with Crippen molar-refractivity contribution in [3.05, 3.63) is 65.5 Å². The van der Waals surface area contributed by atoms with Crippen LogP contribution in [0.1, 0.15) is 22.9 Å². The van der Waals surface area contributed by atoms with Crippen molar-refractivity contribution in [2.45, 2.75) is 24.9 Å². The molecule has 2 nitrogen and oxygen atoms in total. The largest absolute Gasteiger partial charge is 0.416 e. The van der Waals surface area contributed by atoms with Crippen LogP contribution in [0.25, 0.3) is 0 Å². The minimum atomic E-state index is -4.88. The van der Waals surface area contributed by atoms with Crippen molar-refractivity contribution >= 4 is 0 Å². The summed E-state index contributed by atoms with van der Waals surface area (Å²) in [6.07, 6.45) is -8.35. The molecule has 1 aromatic heterocycles. The molecule has 0 aliphatic carbocycles.